The van der Waals surface area contributed by atoms with E-state index in [0.717, 1.165) is 17.7 Å². The van der Waals surface area contributed by atoms with Gasteiger partial charge in [0, 0.05) is 45.0 Å². The highest BCUT2D eigenvalue weighted by Gasteiger charge is 2.34. The van der Waals surface area contributed by atoms with Crippen LogP contribution in [0.2, 0.25) is 5.02 Å². The molecule has 186 valence electrons. The summed E-state index contributed by atoms with van der Waals surface area (Å²) in [7, 11) is 0. The number of carbonyl (C=O) groups is 1. The van der Waals surface area contributed by atoms with E-state index in [1.807, 2.05) is 0 Å². The Bertz CT molecular complexity index is 1430. The molecule has 0 radical (unpaired) electrons. The Balaban J connectivity index is 1.71. The predicted molar refractivity (Wildman–Crippen MR) is 134 cm³/mol. The molecule has 0 bridgehead atoms. The van der Waals surface area contributed by atoms with E-state index in [1.54, 1.807) is 30.3 Å². The number of hydrogen-bond donors (Lipinski definition) is 3. The van der Waals surface area contributed by atoms with Gasteiger partial charge < -0.3 is 10.4 Å². The monoisotopic (exact) mass is 598 g/mol. The molecule has 2 aromatic carbocycles. The Morgan fingerprint density at radius 1 is 1.17 bits per heavy atom. The Morgan fingerprint density at radius 3 is 2.67 bits per heavy atom. The molecule has 1 atom stereocenters. The van der Waals surface area contributed by atoms with Crippen LogP contribution < -0.4 is 5.32 Å². The van der Waals surface area contributed by atoms with E-state index < -0.39 is 28.8 Å². The third-order valence-electron chi connectivity index (χ3n) is 5.26. The number of rotatable bonds is 6. The van der Waals surface area contributed by atoms with E-state index in [1.165, 1.54) is 18.5 Å². The maximum absolute atomic E-state index is 13.4. The molecule has 0 aliphatic heterocycles. The van der Waals surface area contributed by atoms with Crippen molar-refractivity contribution in [2.24, 2.45) is 0 Å². The number of nitrogens with one attached hydrogen (secondary N) is 2. The molecular weight excluding hydrogens is 584 g/mol. The summed E-state index contributed by atoms with van der Waals surface area (Å²) >= 11 is 14.9. The smallest absolute Gasteiger partial charge is 0.383 e. The van der Waals surface area contributed by atoms with E-state index >= 15 is 0 Å². The molecule has 0 aliphatic rings. The molecule has 0 aliphatic carbocycles. The first kappa shape index (κ1) is 26.2. The Labute approximate surface area is 221 Å². The number of pyridine rings is 1. The van der Waals surface area contributed by atoms with Gasteiger partial charge in [-0.15, -0.1) is 11.6 Å². The standard InChI is InChI=1S/C24H16BrCl2F3N4O2/c25-15-8-16(22(31-10-15)33-23(36)14-3-1-2-12(6-14)9-26)21(35)17-11-32-34-20(17)13-4-5-19(27)18(7-13)24(28,29)30/h1-8,10-11,21,35H,9H2,(H,32,34)(H,31,33,36). The number of carbonyl (C=O) groups excluding carboxylic acids is 1. The zero-order chi connectivity index (χ0) is 26.0. The average Bonchev–Trinajstić information content (AvgIpc) is 3.34. The molecule has 2 heterocycles. The lowest BCUT2D eigenvalue weighted by Crippen LogP contribution is -2.16. The van der Waals surface area contributed by atoms with Crippen molar-refractivity contribution in [1.29, 1.82) is 0 Å². The second-order valence-electron chi connectivity index (χ2n) is 7.66. The third-order valence-corrected chi connectivity index (χ3v) is 6.34. The van der Waals surface area contributed by atoms with Crippen molar-refractivity contribution in [2.75, 3.05) is 5.32 Å². The zero-order valence-corrected chi connectivity index (χ0v) is 21.2. The van der Waals surface area contributed by atoms with Crippen molar-refractivity contribution in [2.45, 2.75) is 18.2 Å². The second kappa shape index (κ2) is 10.6. The minimum atomic E-state index is -4.67. The van der Waals surface area contributed by atoms with Crippen LogP contribution in [0.25, 0.3) is 11.3 Å². The molecule has 6 nitrogen and oxygen atoms in total. The minimum absolute atomic E-state index is 0.0613. The molecule has 12 heteroatoms. The van der Waals surface area contributed by atoms with Gasteiger partial charge in [-0.1, -0.05) is 29.8 Å². The van der Waals surface area contributed by atoms with Crippen molar-refractivity contribution in [3.8, 4) is 11.3 Å². The summed E-state index contributed by atoms with van der Waals surface area (Å²) < 4.78 is 40.6. The number of amides is 1. The molecular formula is C24H16BrCl2F3N4O2. The van der Waals surface area contributed by atoms with Gasteiger partial charge in [0.1, 0.15) is 11.9 Å². The van der Waals surface area contributed by atoms with Gasteiger partial charge in [0.05, 0.1) is 16.3 Å². The summed E-state index contributed by atoms with van der Waals surface area (Å²) in [4.78, 5) is 17.1. The molecule has 1 amide bonds. The molecule has 1 unspecified atom stereocenters. The summed E-state index contributed by atoms with van der Waals surface area (Å²) in [6, 6.07) is 11.6. The summed E-state index contributed by atoms with van der Waals surface area (Å²) in [5.41, 5.74) is 0.594. The Hall–Kier alpha value is -2.92. The number of nitrogens with zero attached hydrogens (tertiary/aromatic N) is 2. The quantitative estimate of drug-likeness (QED) is 0.209. The number of hydrogen-bond acceptors (Lipinski definition) is 4. The van der Waals surface area contributed by atoms with E-state index in [0.29, 0.717) is 10.0 Å². The largest absolute Gasteiger partial charge is 0.417 e. The summed E-state index contributed by atoms with van der Waals surface area (Å²) in [5.74, 6) is -0.192. The number of anilines is 1. The average molecular weight is 600 g/mol. The molecule has 4 rings (SSSR count). The van der Waals surface area contributed by atoms with Gasteiger partial charge in [0.25, 0.3) is 5.91 Å². The fourth-order valence-electron chi connectivity index (χ4n) is 3.54. The lowest BCUT2D eigenvalue weighted by Gasteiger charge is -2.17. The lowest BCUT2D eigenvalue weighted by atomic mass is 9.98. The maximum atomic E-state index is 13.4. The van der Waals surface area contributed by atoms with Crippen LogP contribution in [0.1, 0.15) is 38.7 Å². The van der Waals surface area contributed by atoms with Crippen molar-refractivity contribution >= 4 is 50.9 Å². The fourth-order valence-corrected chi connectivity index (χ4v) is 4.28. The van der Waals surface area contributed by atoms with Gasteiger partial charge in [-0.3, -0.25) is 9.89 Å². The van der Waals surface area contributed by atoms with Crippen LogP contribution in [0.4, 0.5) is 19.0 Å². The van der Waals surface area contributed by atoms with Gasteiger partial charge in [-0.25, -0.2) is 4.98 Å². The highest BCUT2D eigenvalue weighted by Crippen LogP contribution is 2.39. The van der Waals surface area contributed by atoms with E-state index in [2.05, 4.69) is 36.4 Å². The SMILES string of the molecule is O=C(Nc1ncc(Br)cc1C(O)c1c[nH]nc1-c1ccc(Cl)c(C(F)(F)F)c1)c1cccc(CCl)c1. The summed E-state index contributed by atoms with van der Waals surface area (Å²) in [5, 5.41) is 20.1. The number of H-pyrrole nitrogens is 1. The molecule has 0 fully saturated rings. The summed E-state index contributed by atoms with van der Waals surface area (Å²) in [6.07, 6.45) is -3.28. The number of aliphatic hydroxyl groups is 1. The first-order valence-electron chi connectivity index (χ1n) is 10.3. The van der Waals surface area contributed by atoms with E-state index in [-0.39, 0.29) is 34.1 Å². The van der Waals surface area contributed by atoms with Crippen molar-refractivity contribution in [1.82, 2.24) is 15.2 Å². The molecule has 0 saturated carbocycles. The Kier molecular flexibility index (Phi) is 7.70. The normalized spacial score (nSPS) is 12.4. The molecule has 0 saturated heterocycles. The molecule has 3 N–H and O–H groups in total. The molecule has 4 aromatic rings. The summed E-state index contributed by atoms with van der Waals surface area (Å²) in [6.45, 7) is 0. The van der Waals surface area contributed by atoms with Crippen LogP contribution >= 0.6 is 39.1 Å². The van der Waals surface area contributed by atoms with Crippen molar-refractivity contribution < 1.29 is 23.1 Å². The highest BCUT2D eigenvalue weighted by molar-refractivity contribution is 9.10. The van der Waals surface area contributed by atoms with E-state index in [9.17, 15) is 23.1 Å². The fraction of sp³-hybridized carbons (Fsp3) is 0.125. The van der Waals surface area contributed by atoms with Gasteiger partial charge in [-0.05, 0) is 51.8 Å². The van der Waals surface area contributed by atoms with Crippen molar-refractivity contribution in [3.63, 3.8) is 0 Å². The maximum Gasteiger partial charge on any atom is 0.417 e. The van der Waals surface area contributed by atoms with Crippen LogP contribution in [-0.2, 0) is 12.1 Å². The number of benzene rings is 2. The Morgan fingerprint density at radius 2 is 1.94 bits per heavy atom. The topological polar surface area (TPSA) is 90.9 Å². The van der Waals surface area contributed by atoms with Crippen LogP contribution in [-0.4, -0.2) is 26.2 Å². The number of aliphatic hydroxyl groups excluding tert-OH is 1. The van der Waals surface area contributed by atoms with Crippen LogP contribution in [0.3, 0.4) is 0 Å². The van der Waals surface area contributed by atoms with Gasteiger partial charge in [0.2, 0.25) is 0 Å². The number of aromatic nitrogens is 3. The highest BCUT2D eigenvalue weighted by atomic mass is 79.9. The van der Waals surface area contributed by atoms with Gasteiger partial charge in [-0.2, -0.15) is 18.3 Å². The molecule has 2 aromatic heterocycles. The first-order valence-corrected chi connectivity index (χ1v) is 12.0. The van der Waals surface area contributed by atoms with Gasteiger partial charge in [0.15, 0.2) is 0 Å². The molecule has 36 heavy (non-hydrogen) atoms. The van der Waals surface area contributed by atoms with Crippen molar-refractivity contribution in [3.05, 3.63) is 98.2 Å². The van der Waals surface area contributed by atoms with Crippen LogP contribution in [0.15, 0.2) is 65.4 Å². The zero-order valence-electron chi connectivity index (χ0n) is 18.1. The lowest BCUT2D eigenvalue weighted by molar-refractivity contribution is -0.137. The van der Waals surface area contributed by atoms with E-state index in [4.69, 9.17) is 23.2 Å². The molecule has 0 spiro atoms. The predicted octanol–water partition coefficient (Wildman–Crippen LogP) is 6.98. The number of alkyl halides is 4. The van der Waals surface area contributed by atoms with Crippen LogP contribution in [0.5, 0.6) is 0 Å². The number of halogens is 6. The van der Waals surface area contributed by atoms with Crippen LogP contribution in [0, 0.1) is 0 Å². The van der Waals surface area contributed by atoms with Gasteiger partial charge >= 0.3 is 6.18 Å². The minimum Gasteiger partial charge on any atom is -0.383 e. The number of aromatic amines is 1. The second-order valence-corrected chi connectivity index (χ2v) is 9.25. The third kappa shape index (κ3) is 5.57. The first-order chi connectivity index (χ1) is 17.1.